The Morgan fingerprint density at radius 1 is 1.50 bits per heavy atom. The van der Waals surface area contributed by atoms with E-state index >= 15 is 0 Å². The van der Waals surface area contributed by atoms with Crippen molar-refractivity contribution in [2.45, 2.75) is 17.8 Å². The van der Waals surface area contributed by atoms with E-state index in [0.717, 1.165) is 6.54 Å². The molecule has 0 saturated carbocycles. The Bertz CT molecular complexity index is 176. The van der Waals surface area contributed by atoms with Crippen molar-refractivity contribution >= 4 is 21.9 Å². The molecule has 5 heteroatoms. The second-order valence-electron chi connectivity index (χ2n) is 3.46. The van der Waals surface area contributed by atoms with Crippen LogP contribution >= 0.6 is 15.9 Å². The fourth-order valence-electron chi connectivity index (χ4n) is 0.813. The lowest BCUT2D eigenvalue weighted by atomic mass is 10.3. The molecule has 0 aromatic carbocycles. The fraction of sp³-hybridized carbons (Fsp3) is 0.889. The van der Waals surface area contributed by atoms with Gasteiger partial charge in [-0.3, -0.25) is 4.79 Å². The van der Waals surface area contributed by atoms with Crippen LogP contribution in [0.4, 0.5) is 0 Å². The summed E-state index contributed by atoms with van der Waals surface area (Å²) in [7, 11) is 5.44. The van der Waals surface area contributed by atoms with Crippen molar-refractivity contribution in [3.8, 4) is 0 Å². The van der Waals surface area contributed by atoms with E-state index in [1.165, 1.54) is 7.11 Å². The fourth-order valence-corrected chi connectivity index (χ4v) is 1.23. The third kappa shape index (κ3) is 5.57. The van der Waals surface area contributed by atoms with Gasteiger partial charge >= 0.3 is 5.97 Å². The van der Waals surface area contributed by atoms with E-state index in [-0.39, 0.29) is 10.8 Å². The van der Waals surface area contributed by atoms with Gasteiger partial charge in [0.05, 0.1) is 7.11 Å². The lowest BCUT2D eigenvalue weighted by Gasteiger charge is -2.20. The normalized spacial score (nSPS) is 15.3. The molecule has 0 amide bonds. The number of carbonyl (C=O) groups is 1. The van der Waals surface area contributed by atoms with Crippen LogP contribution in [0.15, 0.2) is 0 Å². The molecule has 0 aliphatic rings. The van der Waals surface area contributed by atoms with Crippen LogP contribution in [0.25, 0.3) is 0 Å². The maximum atomic E-state index is 11.0. The van der Waals surface area contributed by atoms with E-state index < -0.39 is 0 Å². The van der Waals surface area contributed by atoms with Crippen molar-refractivity contribution in [2.24, 2.45) is 0 Å². The van der Waals surface area contributed by atoms with Gasteiger partial charge in [-0.15, -0.1) is 0 Å². The minimum atomic E-state index is -0.262. The first kappa shape index (κ1) is 13.9. The van der Waals surface area contributed by atoms with Crippen molar-refractivity contribution in [3.05, 3.63) is 0 Å². The number of methoxy groups -OCH3 is 1. The van der Waals surface area contributed by atoms with E-state index in [1.807, 2.05) is 14.1 Å². The summed E-state index contributed by atoms with van der Waals surface area (Å²) in [6.45, 7) is 3.56. The molecule has 1 N–H and O–H groups in total. The van der Waals surface area contributed by atoms with Gasteiger partial charge in [0, 0.05) is 19.1 Å². The Labute approximate surface area is 94.1 Å². The quantitative estimate of drug-likeness (QED) is 0.561. The predicted octanol–water partition coefficient (Wildman–Crippen LogP) is 0.463. The van der Waals surface area contributed by atoms with Gasteiger partial charge in [0.15, 0.2) is 0 Å². The van der Waals surface area contributed by atoms with Crippen molar-refractivity contribution in [1.29, 1.82) is 0 Å². The molecule has 0 aliphatic carbocycles. The lowest BCUT2D eigenvalue weighted by Crippen LogP contribution is -2.39. The molecule has 4 nitrogen and oxygen atoms in total. The SMILES string of the molecule is COC(=O)C(Br)CNCC(C)N(C)C. The monoisotopic (exact) mass is 266 g/mol. The molecule has 0 bridgehead atoms. The average molecular weight is 267 g/mol. The summed E-state index contributed by atoms with van der Waals surface area (Å²) in [5.74, 6) is -0.241. The van der Waals surface area contributed by atoms with Gasteiger partial charge in [0.25, 0.3) is 0 Å². The number of nitrogens with one attached hydrogen (secondary N) is 1. The van der Waals surface area contributed by atoms with Gasteiger partial charge in [-0.05, 0) is 21.0 Å². The Balaban J connectivity index is 3.58. The van der Waals surface area contributed by atoms with Crippen LogP contribution in [-0.4, -0.2) is 56.0 Å². The topological polar surface area (TPSA) is 41.6 Å². The standard InChI is InChI=1S/C9H19BrN2O2/c1-7(12(2)3)5-11-6-8(10)9(13)14-4/h7-8,11H,5-6H2,1-4H3. The molecular weight excluding hydrogens is 248 g/mol. The molecule has 0 aromatic rings. The van der Waals surface area contributed by atoms with E-state index in [1.54, 1.807) is 0 Å². The van der Waals surface area contributed by atoms with Gasteiger partial charge < -0.3 is 15.0 Å². The number of rotatable bonds is 6. The summed E-state index contributed by atoms with van der Waals surface area (Å²) in [5.41, 5.74) is 0. The number of carbonyl (C=O) groups excluding carboxylic acids is 1. The van der Waals surface area contributed by atoms with Crippen LogP contribution in [0.3, 0.4) is 0 Å². The number of likely N-dealkylation sites (N-methyl/N-ethyl adjacent to an activating group) is 1. The van der Waals surface area contributed by atoms with Crippen LogP contribution in [0, 0.1) is 0 Å². The number of nitrogens with zero attached hydrogens (tertiary/aromatic N) is 1. The highest BCUT2D eigenvalue weighted by Gasteiger charge is 2.14. The molecular formula is C9H19BrN2O2. The Morgan fingerprint density at radius 2 is 2.07 bits per heavy atom. The Morgan fingerprint density at radius 3 is 2.50 bits per heavy atom. The minimum Gasteiger partial charge on any atom is -0.468 e. The molecule has 2 atom stereocenters. The highest BCUT2D eigenvalue weighted by atomic mass is 79.9. The van der Waals surface area contributed by atoms with Gasteiger partial charge in [0.2, 0.25) is 0 Å². The molecule has 0 aliphatic heterocycles. The van der Waals surface area contributed by atoms with E-state index in [0.29, 0.717) is 12.6 Å². The number of alkyl halides is 1. The van der Waals surface area contributed by atoms with E-state index in [2.05, 4.69) is 37.8 Å². The van der Waals surface area contributed by atoms with Crippen molar-refractivity contribution in [3.63, 3.8) is 0 Å². The van der Waals surface area contributed by atoms with Crippen LogP contribution in [0.5, 0.6) is 0 Å². The molecule has 0 radical (unpaired) electrons. The van der Waals surface area contributed by atoms with E-state index in [9.17, 15) is 4.79 Å². The second kappa shape index (κ2) is 7.20. The van der Waals surface area contributed by atoms with Crippen LogP contribution < -0.4 is 5.32 Å². The number of hydrogen-bond donors (Lipinski definition) is 1. The maximum Gasteiger partial charge on any atom is 0.320 e. The summed E-state index contributed by atoms with van der Waals surface area (Å²) in [5, 5.41) is 3.19. The zero-order valence-corrected chi connectivity index (χ0v) is 10.8. The van der Waals surface area contributed by atoms with E-state index in [4.69, 9.17) is 0 Å². The third-order valence-corrected chi connectivity index (χ3v) is 2.80. The number of ether oxygens (including phenoxy) is 1. The molecule has 2 unspecified atom stereocenters. The van der Waals surface area contributed by atoms with Crippen molar-refractivity contribution < 1.29 is 9.53 Å². The van der Waals surface area contributed by atoms with Gasteiger partial charge in [0.1, 0.15) is 4.83 Å². The summed E-state index contributed by atoms with van der Waals surface area (Å²) >= 11 is 3.24. The molecule has 0 saturated heterocycles. The number of halogens is 1. The molecule has 84 valence electrons. The zero-order valence-electron chi connectivity index (χ0n) is 9.21. The average Bonchev–Trinajstić information content (AvgIpc) is 2.15. The molecule has 14 heavy (non-hydrogen) atoms. The first-order valence-corrected chi connectivity index (χ1v) is 5.49. The van der Waals surface area contributed by atoms with Crippen LogP contribution in [0.2, 0.25) is 0 Å². The van der Waals surface area contributed by atoms with Crippen LogP contribution in [-0.2, 0) is 9.53 Å². The number of esters is 1. The summed E-state index contributed by atoms with van der Waals surface area (Å²) in [4.78, 5) is 12.9. The molecule has 0 heterocycles. The molecule has 0 fully saturated rings. The summed E-state index contributed by atoms with van der Waals surface area (Å²) in [6, 6.07) is 0.451. The first-order valence-electron chi connectivity index (χ1n) is 4.58. The molecule has 0 spiro atoms. The van der Waals surface area contributed by atoms with Gasteiger partial charge in [-0.1, -0.05) is 15.9 Å². The largest absolute Gasteiger partial charge is 0.468 e. The first-order chi connectivity index (χ1) is 6.49. The summed E-state index contributed by atoms with van der Waals surface area (Å²) < 4.78 is 4.58. The minimum absolute atomic E-state index is 0.241. The summed E-state index contributed by atoms with van der Waals surface area (Å²) in [6.07, 6.45) is 0. The molecule has 0 aromatic heterocycles. The highest BCUT2D eigenvalue weighted by Crippen LogP contribution is 2.00. The zero-order chi connectivity index (χ0) is 11.1. The van der Waals surface area contributed by atoms with Gasteiger partial charge in [-0.25, -0.2) is 0 Å². The Hall–Kier alpha value is -0.130. The second-order valence-corrected chi connectivity index (χ2v) is 4.57. The Kier molecular flexibility index (Phi) is 7.13. The lowest BCUT2D eigenvalue weighted by molar-refractivity contribution is -0.139. The predicted molar refractivity (Wildman–Crippen MR) is 60.7 cm³/mol. The maximum absolute atomic E-state index is 11.0. The van der Waals surface area contributed by atoms with Crippen molar-refractivity contribution in [1.82, 2.24) is 10.2 Å². The van der Waals surface area contributed by atoms with Gasteiger partial charge in [-0.2, -0.15) is 0 Å². The number of hydrogen-bond acceptors (Lipinski definition) is 4. The highest BCUT2D eigenvalue weighted by molar-refractivity contribution is 9.10. The van der Waals surface area contributed by atoms with Crippen LogP contribution in [0.1, 0.15) is 6.92 Å². The third-order valence-electron chi connectivity index (χ3n) is 2.10. The van der Waals surface area contributed by atoms with Crippen molar-refractivity contribution in [2.75, 3.05) is 34.3 Å². The smallest absolute Gasteiger partial charge is 0.320 e. The molecule has 0 rings (SSSR count).